The van der Waals surface area contributed by atoms with Crippen LogP contribution in [0.4, 0.5) is 10.8 Å². The van der Waals surface area contributed by atoms with Gasteiger partial charge in [0.25, 0.3) is 0 Å². The molecule has 0 saturated heterocycles. The predicted octanol–water partition coefficient (Wildman–Crippen LogP) is 7.25. The van der Waals surface area contributed by atoms with Crippen LogP contribution in [-0.4, -0.2) is 23.8 Å². The largest absolute Gasteiger partial charge is 0.497 e. The molecule has 3 aromatic rings. The van der Waals surface area contributed by atoms with Crippen molar-refractivity contribution in [2.75, 3.05) is 23.9 Å². The minimum absolute atomic E-state index is 0.0487. The molecule has 0 aliphatic rings. The first-order valence-electron chi connectivity index (χ1n) is 11.9. The summed E-state index contributed by atoms with van der Waals surface area (Å²) < 4.78 is 5.15. The van der Waals surface area contributed by atoms with E-state index in [1.807, 2.05) is 53.9 Å². The van der Waals surface area contributed by atoms with Crippen molar-refractivity contribution in [1.29, 1.82) is 0 Å². The number of benzene rings is 2. The number of carbonyl (C=O) groups is 1. The normalized spacial score (nSPS) is 10.3. The number of nitrogens with one attached hydrogen (secondary N) is 1. The Balaban J connectivity index is 0.000000387. The molecule has 0 fully saturated rings. The number of amides is 1. The Morgan fingerprint density at radius 1 is 1.03 bits per heavy atom. The lowest BCUT2D eigenvalue weighted by atomic mass is 10.1. The number of nitrogens with zero attached hydrogens (tertiary/aromatic N) is 1. The number of rotatable bonds is 12. The predicted molar refractivity (Wildman–Crippen MR) is 149 cm³/mol. The highest BCUT2D eigenvalue weighted by Crippen LogP contribution is 2.26. The van der Waals surface area contributed by atoms with Crippen LogP contribution in [0.3, 0.4) is 0 Å². The first kappa shape index (κ1) is 27.7. The Morgan fingerprint density at radius 3 is 2.35 bits per heavy atom. The second-order valence-electron chi connectivity index (χ2n) is 8.05. The molecule has 1 amide bonds. The molecule has 2 aromatic carbocycles. The van der Waals surface area contributed by atoms with Gasteiger partial charge in [0, 0.05) is 23.1 Å². The Labute approximate surface area is 213 Å². The number of aromatic nitrogens is 1. The molecule has 184 valence electrons. The van der Waals surface area contributed by atoms with Gasteiger partial charge in [-0.3, -0.25) is 4.79 Å². The molecule has 0 atom stereocenters. The topological polar surface area (TPSA) is 77.2 Å². The lowest BCUT2D eigenvalue weighted by Crippen LogP contribution is -2.12. The van der Waals surface area contributed by atoms with E-state index in [1.165, 1.54) is 49.9 Å². The molecule has 0 aliphatic heterocycles. The third-order valence-electron chi connectivity index (χ3n) is 5.27. The first-order chi connectivity index (χ1) is 16.5. The Hall–Kier alpha value is -2.51. The number of thiazole rings is 1. The summed E-state index contributed by atoms with van der Waals surface area (Å²) in [5, 5.41) is 5.39. The number of nitrogens with two attached hydrogens (primary N) is 1. The Kier molecular flexibility index (Phi) is 13.2. The van der Waals surface area contributed by atoms with Gasteiger partial charge in [0.05, 0.1) is 12.8 Å². The van der Waals surface area contributed by atoms with E-state index in [-0.39, 0.29) is 5.91 Å². The zero-order valence-corrected chi connectivity index (χ0v) is 22.0. The second kappa shape index (κ2) is 16.2. The van der Waals surface area contributed by atoms with Crippen molar-refractivity contribution >= 4 is 40.7 Å². The van der Waals surface area contributed by atoms with Crippen LogP contribution in [-0.2, 0) is 11.2 Å². The third kappa shape index (κ3) is 10.6. The molecular weight excluding hydrogens is 462 g/mol. The van der Waals surface area contributed by atoms with Gasteiger partial charge >= 0.3 is 0 Å². The molecule has 0 aliphatic carbocycles. The number of methoxy groups -OCH3 is 1. The van der Waals surface area contributed by atoms with Gasteiger partial charge < -0.3 is 15.8 Å². The van der Waals surface area contributed by atoms with Gasteiger partial charge in [0.1, 0.15) is 5.75 Å². The lowest BCUT2D eigenvalue weighted by Gasteiger charge is -2.03. The zero-order chi connectivity index (χ0) is 24.6. The third-order valence-corrected chi connectivity index (χ3v) is 6.34. The second-order valence-corrected chi connectivity index (χ2v) is 9.35. The maximum Gasteiger partial charge on any atom is 0.226 e. The SMILES string of the molecule is CCCCCCCCS.COc1ccc(-c2csc(NC(=O)CCc3ccc(N)cc3)n2)cc1. The number of nitrogen functional groups attached to an aromatic ring is 1. The number of hydrogen-bond acceptors (Lipinski definition) is 6. The highest BCUT2D eigenvalue weighted by Gasteiger charge is 2.08. The summed E-state index contributed by atoms with van der Waals surface area (Å²) in [5.41, 5.74) is 9.29. The van der Waals surface area contributed by atoms with Gasteiger partial charge in [0.15, 0.2) is 5.13 Å². The molecule has 3 rings (SSSR count). The van der Waals surface area contributed by atoms with Gasteiger partial charge in [-0.05, 0) is 60.6 Å². The summed E-state index contributed by atoms with van der Waals surface area (Å²) in [5.74, 6) is 1.81. The summed E-state index contributed by atoms with van der Waals surface area (Å²) in [6, 6.07) is 15.2. The van der Waals surface area contributed by atoms with Crippen molar-refractivity contribution in [3.63, 3.8) is 0 Å². The van der Waals surface area contributed by atoms with Crippen molar-refractivity contribution in [2.45, 2.75) is 58.3 Å². The maximum atomic E-state index is 12.1. The van der Waals surface area contributed by atoms with Crippen LogP contribution >= 0.6 is 24.0 Å². The van der Waals surface area contributed by atoms with Crippen LogP contribution in [0.5, 0.6) is 5.75 Å². The molecule has 0 saturated carbocycles. The van der Waals surface area contributed by atoms with Crippen LogP contribution in [0.25, 0.3) is 11.3 Å². The molecule has 3 N–H and O–H groups in total. The molecule has 5 nitrogen and oxygen atoms in total. The minimum atomic E-state index is -0.0487. The van der Waals surface area contributed by atoms with Crippen LogP contribution in [0.15, 0.2) is 53.9 Å². The van der Waals surface area contributed by atoms with E-state index >= 15 is 0 Å². The summed E-state index contributed by atoms with van der Waals surface area (Å²) >= 11 is 5.56. The van der Waals surface area contributed by atoms with Crippen molar-refractivity contribution in [3.05, 3.63) is 59.5 Å². The Bertz CT molecular complexity index is 951. The van der Waals surface area contributed by atoms with E-state index in [0.717, 1.165) is 34.0 Å². The monoisotopic (exact) mass is 499 g/mol. The Morgan fingerprint density at radius 2 is 1.71 bits per heavy atom. The van der Waals surface area contributed by atoms with E-state index in [9.17, 15) is 4.79 Å². The van der Waals surface area contributed by atoms with E-state index in [4.69, 9.17) is 10.5 Å². The van der Waals surface area contributed by atoms with E-state index in [1.54, 1.807) is 7.11 Å². The van der Waals surface area contributed by atoms with Gasteiger partial charge in [0.2, 0.25) is 5.91 Å². The number of aryl methyl sites for hydroxylation is 1. The van der Waals surface area contributed by atoms with Crippen molar-refractivity contribution in [3.8, 4) is 17.0 Å². The van der Waals surface area contributed by atoms with E-state index < -0.39 is 0 Å². The van der Waals surface area contributed by atoms with Crippen molar-refractivity contribution < 1.29 is 9.53 Å². The number of unbranched alkanes of at least 4 members (excludes halogenated alkanes) is 5. The number of carbonyl (C=O) groups excluding carboxylic acids is 1. The van der Waals surface area contributed by atoms with Gasteiger partial charge in [-0.2, -0.15) is 12.6 Å². The summed E-state index contributed by atoms with van der Waals surface area (Å²) in [6.45, 7) is 2.25. The number of thiol groups is 1. The molecule has 1 heterocycles. The van der Waals surface area contributed by atoms with Crippen LogP contribution in [0, 0.1) is 0 Å². The van der Waals surface area contributed by atoms with Crippen LogP contribution in [0.1, 0.15) is 57.4 Å². The quantitative estimate of drug-likeness (QED) is 0.139. The van der Waals surface area contributed by atoms with Crippen LogP contribution < -0.4 is 15.8 Å². The van der Waals surface area contributed by atoms with Crippen LogP contribution in [0.2, 0.25) is 0 Å². The van der Waals surface area contributed by atoms with Gasteiger partial charge in [-0.25, -0.2) is 4.98 Å². The molecule has 0 unspecified atom stereocenters. The van der Waals surface area contributed by atoms with Gasteiger partial charge in [-0.1, -0.05) is 51.2 Å². The van der Waals surface area contributed by atoms with Crippen molar-refractivity contribution in [2.24, 2.45) is 0 Å². The highest BCUT2D eigenvalue weighted by atomic mass is 32.1. The smallest absolute Gasteiger partial charge is 0.226 e. The highest BCUT2D eigenvalue weighted by molar-refractivity contribution is 7.80. The summed E-state index contributed by atoms with van der Waals surface area (Å²) in [7, 11) is 1.63. The number of hydrogen-bond donors (Lipinski definition) is 3. The molecule has 1 aromatic heterocycles. The lowest BCUT2D eigenvalue weighted by molar-refractivity contribution is -0.116. The average molecular weight is 500 g/mol. The number of ether oxygens (including phenoxy) is 1. The van der Waals surface area contributed by atoms with Crippen molar-refractivity contribution in [1.82, 2.24) is 4.98 Å². The molecule has 7 heteroatoms. The van der Waals surface area contributed by atoms with Gasteiger partial charge in [-0.15, -0.1) is 11.3 Å². The molecule has 0 bridgehead atoms. The molecule has 34 heavy (non-hydrogen) atoms. The maximum absolute atomic E-state index is 12.1. The first-order valence-corrected chi connectivity index (χ1v) is 13.4. The molecular formula is C27H37N3O2S2. The fourth-order valence-corrected chi connectivity index (χ4v) is 4.20. The fourth-order valence-electron chi connectivity index (χ4n) is 3.24. The average Bonchev–Trinajstić information content (AvgIpc) is 3.32. The standard InChI is InChI=1S/C19H19N3O2S.C8H18S/c1-24-16-9-5-14(6-10-16)17-12-25-19(21-17)22-18(23)11-4-13-2-7-15(20)8-3-13;1-2-3-4-5-6-7-8-9/h2-3,5-10,12H,4,11,20H2,1H3,(H,21,22,23);9H,2-8H2,1H3. The summed E-state index contributed by atoms with van der Waals surface area (Å²) in [6.07, 6.45) is 9.34. The van der Waals surface area contributed by atoms with E-state index in [2.05, 4.69) is 29.9 Å². The number of anilines is 2. The summed E-state index contributed by atoms with van der Waals surface area (Å²) in [4.78, 5) is 16.6. The minimum Gasteiger partial charge on any atom is -0.497 e. The molecule has 0 radical (unpaired) electrons. The zero-order valence-electron chi connectivity index (χ0n) is 20.3. The molecule has 0 spiro atoms. The fraction of sp³-hybridized carbons (Fsp3) is 0.407. The van der Waals surface area contributed by atoms with E-state index in [0.29, 0.717) is 18.0 Å².